The summed E-state index contributed by atoms with van der Waals surface area (Å²) in [5, 5.41) is 8.34. The number of carbonyl (C=O) groups excluding carboxylic acids is 1. The van der Waals surface area contributed by atoms with E-state index < -0.39 is 5.91 Å². The molecule has 1 atom stereocenters. The van der Waals surface area contributed by atoms with Gasteiger partial charge in [0.05, 0.1) is 0 Å². The van der Waals surface area contributed by atoms with Crippen LogP contribution < -0.4 is 11.2 Å². The van der Waals surface area contributed by atoms with Crippen LogP contribution in [0.15, 0.2) is 53.4 Å². The number of aryl methyl sites for hydroxylation is 1. The van der Waals surface area contributed by atoms with Gasteiger partial charge < -0.3 is 5.73 Å². The monoisotopic (exact) mass is 304 g/mol. The van der Waals surface area contributed by atoms with Gasteiger partial charge >= 0.3 is 0 Å². The Morgan fingerprint density at radius 2 is 1.67 bits per heavy atom. The maximum atomic E-state index is 10.9. The highest BCUT2D eigenvalue weighted by Gasteiger charge is 2.04. The number of nitrogens with two attached hydrogens (primary N) is 1. The van der Waals surface area contributed by atoms with Gasteiger partial charge in [-0.05, 0) is 43.7 Å². The molecule has 0 aliphatic heterocycles. The Hall–Kier alpha value is -1.82. The van der Waals surface area contributed by atoms with Gasteiger partial charge in [0, 0.05) is 16.5 Å². The molecular formula is C16H20N2O2S. The number of rotatable bonds is 2. The minimum atomic E-state index is -0.517. The molecule has 0 spiro atoms. The summed E-state index contributed by atoms with van der Waals surface area (Å²) >= 11 is 4.13. The van der Waals surface area contributed by atoms with Crippen molar-refractivity contribution >= 4 is 18.5 Å². The lowest BCUT2D eigenvalue weighted by molar-refractivity contribution is 0.0706. The number of hydrogen-bond donors (Lipinski definition) is 4. The predicted octanol–water partition coefficient (Wildman–Crippen LogP) is 3.11. The van der Waals surface area contributed by atoms with Gasteiger partial charge in [-0.3, -0.25) is 10.0 Å². The van der Waals surface area contributed by atoms with Crippen LogP contribution in [0.25, 0.3) is 0 Å². The minimum absolute atomic E-state index is 0.0498. The molecule has 4 N–H and O–H groups in total. The topological polar surface area (TPSA) is 75.4 Å². The van der Waals surface area contributed by atoms with Gasteiger partial charge in [-0.15, -0.1) is 12.6 Å². The summed E-state index contributed by atoms with van der Waals surface area (Å²) < 4.78 is 0. The molecular weight excluding hydrogens is 284 g/mol. The molecule has 0 aliphatic rings. The van der Waals surface area contributed by atoms with E-state index in [1.54, 1.807) is 29.7 Å². The van der Waals surface area contributed by atoms with Gasteiger partial charge in [0.1, 0.15) is 0 Å². The van der Waals surface area contributed by atoms with Crippen molar-refractivity contribution < 1.29 is 10.0 Å². The summed E-state index contributed by atoms with van der Waals surface area (Å²) in [7, 11) is 0. The summed E-state index contributed by atoms with van der Waals surface area (Å²) in [6.07, 6.45) is 0. The molecule has 4 nitrogen and oxygen atoms in total. The largest absolute Gasteiger partial charge is 0.324 e. The first kappa shape index (κ1) is 17.2. The zero-order chi connectivity index (χ0) is 15.8. The van der Waals surface area contributed by atoms with Crippen LogP contribution in [-0.4, -0.2) is 11.1 Å². The van der Waals surface area contributed by atoms with Crippen LogP contribution in [0, 0.1) is 6.92 Å². The fourth-order valence-electron chi connectivity index (χ4n) is 1.55. The first-order chi connectivity index (χ1) is 9.93. The molecule has 0 fully saturated rings. The molecule has 1 unspecified atom stereocenters. The van der Waals surface area contributed by atoms with E-state index in [0.29, 0.717) is 5.56 Å². The lowest BCUT2D eigenvalue weighted by Gasteiger charge is -2.05. The van der Waals surface area contributed by atoms with Gasteiger partial charge in [-0.2, -0.15) is 0 Å². The number of hydroxylamine groups is 1. The van der Waals surface area contributed by atoms with Crippen molar-refractivity contribution in [3.05, 3.63) is 65.2 Å². The van der Waals surface area contributed by atoms with Crippen molar-refractivity contribution in [1.29, 1.82) is 0 Å². The van der Waals surface area contributed by atoms with Gasteiger partial charge in [0.15, 0.2) is 0 Å². The molecule has 0 saturated carbocycles. The van der Waals surface area contributed by atoms with Crippen LogP contribution >= 0.6 is 12.6 Å². The van der Waals surface area contributed by atoms with Crippen LogP contribution in [0.3, 0.4) is 0 Å². The van der Waals surface area contributed by atoms with Crippen LogP contribution in [0.4, 0.5) is 0 Å². The molecule has 1 amide bonds. The first-order valence-electron chi connectivity index (χ1n) is 6.49. The lowest BCUT2D eigenvalue weighted by atomic mass is 10.1. The summed E-state index contributed by atoms with van der Waals surface area (Å²) in [5.41, 5.74) is 9.82. The summed E-state index contributed by atoms with van der Waals surface area (Å²) in [5.74, 6) is -0.517. The van der Waals surface area contributed by atoms with Crippen molar-refractivity contribution in [1.82, 2.24) is 5.48 Å². The number of thiol groups is 1. The zero-order valence-corrected chi connectivity index (χ0v) is 13.0. The second-order valence-electron chi connectivity index (χ2n) is 4.69. The van der Waals surface area contributed by atoms with E-state index in [-0.39, 0.29) is 6.04 Å². The number of nitrogens with one attached hydrogen (secondary N) is 1. The summed E-state index contributed by atoms with van der Waals surface area (Å²) in [6, 6.07) is 14.8. The van der Waals surface area contributed by atoms with E-state index in [9.17, 15) is 4.79 Å². The Morgan fingerprint density at radius 3 is 2.05 bits per heavy atom. The van der Waals surface area contributed by atoms with E-state index in [1.165, 1.54) is 5.56 Å². The molecule has 2 rings (SSSR count). The highest BCUT2D eigenvalue weighted by atomic mass is 32.1. The Labute approximate surface area is 130 Å². The van der Waals surface area contributed by atoms with Crippen molar-refractivity contribution in [2.45, 2.75) is 24.8 Å². The molecule has 0 heterocycles. The fraction of sp³-hybridized carbons (Fsp3) is 0.188. The summed E-state index contributed by atoms with van der Waals surface area (Å²) in [4.78, 5) is 11.9. The molecule has 2 aromatic carbocycles. The smallest absolute Gasteiger partial charge is 0.274 e. The number of hydrogen-bond acceptors (Lipinski definition) is 4. The van der Waals surface area contributed by atoms with Crippen molar-refractivity contribution in [3.8, 4) is 0 Å². The molecule has 0 bridgehead atoms. The molecule has 0 aliphatic carbocycles. The quantitative estimate of drug-likeness (QED) is 0.391. The molecule has 5 heteroatoms. The molecule has 21 heavy (non-hydrogen) atoms. The van der Waals surface area contributed by atoms with Crippen LogP contribution in [0.2, 0.25) is 0 Å². The Bertz CT molecular complexity index is 545. The van der Waals surface area contributed by atoms with E-state index in [1.807, 2.05) is 31.2 Å². The van der Waals surface area contributed by atoms with Crippen molar-refractivity contribution in [2.75, 3.05) is 0 Å². The van der Waals surface area contributed by atoms with E-state index in [4.69, 9.17) is 10.9 Å². The lowest BCUT2D eigenvalue weighted by Crippen LogP contribution is -2.18. The Kier molecular flexibility index (Phi) is 6.94. The van der Waals surface area contributed by atoms with Crippen LogP contribution in [0.1, 0.15) is 34.5 Å². The molecule has 0 aromatic heterocycles. The van der Waals surface area contributed by atoms with E-state index >= 15 is 0 Å². The van der Waals surface area contributed by atoms with Gasteiger partial charge in [-0.1, -0.05) is 29.8 Å². The van der Waals surface area contributed by atoms with E-state index in [2.05, 4.69) is 19.6 Å². The predicted molar refractivity (Wildman–Crippen MR) is 86.7 cm³/mol. The second-order valence-corrected chi connectivity index (χ2v) is 5.20. The maximum absolute atomic E-state index is 10.9. The maximum Gasteiger partial charge on any atom is 0.274 e. The average molecular weight is 304 g/mol. The van der Waals surface area contributed by atoms with Gasteiger partial charge in [0.2, 0.25) is 0 Å². The third-order valence-electron chi connectivity index (χ3n) is 2.83. The average Bonchev–Trinajstić information content (AvgIpc) is 2.50. The van der Waals surface area contributed by atoms with Crippen molar-refractivity contribution in [2.24, 2.45) is 5.73 Å². The minimum Gasteiger partial charge on any atom is -0.324 e. The number of amides is 1. The third kappa shape index (κ3) is 5.99. The van der Waals surface area contributed by atoms with E-state index in [0.717, 1.165) is 10.5 Å². The van der Waals surface area contributed by atoms with Gasteiger partial charge in [-0.25, -0.2) is 5.48 Å². The van der Waals surface area contributed by atoms with Crippen LogP contribution in [-0.2, 0) is 0 Å². The van der Waals surface area contributed by atoms with Crippen molar-refractivity contribution in [3.63, 3.8) is 0 Å². The molecule has 112 valence electrons. The molecule has 0 radical (unpaired) electrons. The molecule has 0 saturated heterocycles. The zero-order valence-electron chi connectivity index (χ0n) is 12.1. The van der Waals surface area contributed by atoms with Gasteiger partial charge in [0.25, 0.3) is 5.91 Å². The highest BCUT2D eigenvalue weighted by Crippen LogP contribution is 2.10. The Balaban J connectivity index is 0.000000235. The highest BCUT2D eigenvalue weighted by molar-refractivity contribution is 7.80. The standard InChI is InChI=1S/C9H12N2O2.C7H8S/c1-6(10)7-2-4-8(5-3-7)9(12)11-13;1-6-2-4-7(8)5-3-6/h2-6,13H,10H2,1H3,(H,11,12);2-5,8H,1H3. The number of carbonyl (C=O) groups is 1. The fourth-order valence-corrected chi connectivity index (χ4v) is 1.70. The SMILES string of the molecule is CC(N)c1ccc(C(=O)NO)cc1.Cc1ccc(S)cc1. The Morgan fingerprint density at radius 1 is 1.14 bits per heavy atom. The molecule has 2 aromatic rings. The first-order valence-corrected chi connectivity index (χ1v) is 6.94. The second kappa shape index (κ2) is 8.46. The number of benzene rings is 2. The normalized spacial score (nSPS) is 11.1. The summed E-state index contributed by atoms with van der Waals surface area (Å²) in [6.45, 7) is 3.92. The third-order valence-corrected chi connectivity index (χ3v) is 3.13. The van der Waals surface area contributed by atoms with Crippen LogP contribution in [0.5, 0.6) is 0 Å².